The summed E-state index contributed by atoms with van der Waals surface area (Å²) in [4.78, 5) is 3.23. The first kappa shape index (κ1) is 16.3. The van der Waals surface area contributed by atoms with Gasteiger partial charge in [-0.05, 0) is 30.3 Å². The van der Waals surface area contributed by atoms with Crippen molar-refractivity contribution >= 4 is 27.3 Å². The van der Waals surface area contributed by atoms with Crippen LogP contribution in [0.4, 0.5) is 14.5 Å². The average molecular weight is 371 g/mol. The van der Waals surface area contributed by atoms with E-state index in [4.69, 9.17) is 11.6 Å². The summed E-state index contributed by atoms with van der Waals surface area (Å²) in [6, 6.07) is 6.43. The van der Waals surface area contributed by atoms with Gasteiger partial charge in [-0.1, -0.05) is 11.6 Å². The van der Waals surface area contributed by atoms with Crippen LogP contribution in [-0.4, -0.2) is 23.2 Å². The van der Waals surface area contributed by atoms with Crippen LogP contribution in [0.3, 0.4) is 0 Å². The molecule has 0 saturated heterocycles. The van der Waals surface area contributed by atoms with E-state index in [0.29, 0.717) is 23.9 Å². The molecule has 0 saturated carbocycles. The van der Waals surface area contributed by atoms with Crippen molar-refractivity contribution in [2.75, 3.05) is 4.72 Å². The zero-order chi connectivity index (χ0) is 17.3. The second-order valence-corrected chi connectivity index (χ2v) is 6.83. The monoisotopic (exact) mass is 370 g/mol. The largest absolute Gasteiger partial charge is 0.277 e. The molecular formula is C14H9ClF2N4O2S. The van der Waals surface area contributed by atoms with E-state index in [-0.39, 0.29) is 10.7 Å². The SMILES string of the molecule is O=S(=O)(Nc1cc(Cl)ccc1-n1cncn1)c1cc(F)cc(F)c1. The third-order valence-corrected chi connectivity index (χ3v) is 4.59. The highest BCUT2D eigenvalue weighted by Crippen LogP contribution is 2.27. The topological polar surface area (TPSA) is 76.9 Å². The maximum Gasteiger partial charge on any atom is 0.262 e. The molecule has 1 aromatic heterocycles. The molecule has 0 radical (unpaired) electrons. The van der Waals surface area contributed by atoms with Gasteiger partial charge in [-0.3, -0.25) is 4.72 Å². The van der Waals surface area contributed by atoms with E-state index in [1.807, 2.05) is 0 Å². The minimum Gasteiger partial charge on any atom is -0.277 e. The quantitative estimate of drug-likeness (QED) is 0.766. The Morgan fingerprint density at radius 1 is 1.08 bits per heavy atom. The molecule has 0 amide bonds. The molecule has 0 atom stereocenters. The maximum absolute atomic E-state index is 13.3. The first-order valence-corrected chi connectivity index (χ1v) is 8.35. The van der Waals surface area contributed by atoms with E-state index in [0.717, 1.165) is 0 Å². The number of sulfonamides is 1. The van der Waals surface area contributed by atoms with Crippen molar-refractivity contribution in [1.29, 1.82) is 0 Å². The van der Waals surface area contributed by atoms with Gasteiger partial charge < -0.3 is 0 Å². The minimum absolute atomic E-state index is 0.0812. The summed E-state index contributed by atoms with van der Waals surface area (Å²) >= 11 is 5.90. The first-order chi connectivity index (χ1) is 11.3. The standard InChI is InChI=1S/C14H9ClF2N4O2S/c15-9-1-2-14(21-8-18-7-19-21)13(3-9)20-24(22,23)12-5-10(16)4-11(17)6-12/h1-8,20H. The number of anilines is 1. The van der Waals surface area contributed by atoms with Crippen molar-refractivity contribution in [2.24, 2.45) is 0 Å². The van der Waals surface area contributed by atoms with Crippen LogP contribution < -0.4 is 4.72 Å². The van der Waals surface area contributed by atoms with Crippen LogP contribution in [0.15, 0.2) is 53.9 Å². The number of halogens is 3. The van der Waals surface area contributed by atoms with E-state index in [1.165, 1.54) is 35.5 Å². The van der Waals surface area contributed by atoms with E-state index in [2.05, 4.69) is 14.8 Å². The Kier molecular flexibility index (Phi) is 4.20. The third kappa shape index (κ3) is 3.36. The molecule has 0 aliphatic carbocycles. The Bertz CT molecular complexity index is 974. The summed E-state index contributed by atoms with van der Waals surface area (Å²) in [6.07, 6.45) is 2.64. The predicted molar refractivity (Wildman–Crippen MR) is 83.5 cm³/mol. The molecule has 0 aliphatic rings. The highest BCUT2D eigenvalue weighted by molar-refractivity contribution is 7.92. The second kappa shape index (κ2) is 6.17. The van der Waals surface area contributed by atoms with Crippen molar-refractivity contribution in [3.05, 3.63) is 65.7 Å². The molecule has 10 heteroatoms. The molecule has 0 spiro atoms. The number of nitrogens with zero attached hydrogens (tertiary/aromatic N) is 3. The Hall–Kier alpha value is -2.52. The number of aromatic nitrogens is 3. The molecule has 3 rings (SSSR count). The van der Waals surface area contributed by atoms with Crippen molar-refractivity contribution in [2.45, 2.75) is 4.90 Å². The Morgan fingerprint density at radius 3 is 2.42 bits per heavy atom. The van der Waals surface area contributed by atoms with Crippen LogP contribution in [0.25, 0.3) is 5.69 Å². The van der Waals surface area contributed by atoms with Crippen LogP contribution in [0.5, 0.6) is 0 Å². The van der Waals surface area contributed by atoms with Gasteiger partial charge in [0.15, 0.2) is 0 Å². The summed E-state index contributed by atoms with van der Waals surface area (Å²) < 4.78 is 55.0. The third-order valence-electron chi connectivity index (χ3n) is 3.01. The van der Waals surface area contributed by atoms with Crippen LogP contribution in [0.1, 0.15) is 0 Å². The number of hydrogen-bond acceptors (Lipinski definition) is 4. The number of benzene rings is 2. The van der Waals surface area contributed by atoms with Crippen LogP contribution in [0, 0.1) is 11.6 Å². The summed E-state index contributed by atoms with van der Waals surface area (Å²) in [5.74, 6) is -2.00. The highest BCUT2D eigenvalue weighted by Gasteiger charge is 2.19. The van der Waals surface area contributed by atoms with Gasteiger partial charge in [0.05, 0.1) is 16.3 Å². The fraction of sp³-hybridized carbons (Fsp3) is 0. The van der Waals surface area contributed by atoms with Gasteiger partial charge in [0.1, 0.15) is 24.3 Å². The smallest absolute Gasteiger partial charge is 0.262 e. The van der Waals surface area contributed by atoms with Gasteiger partial charge in [0, 0.05) is 11.1 Å². The molecule has 3 aromatic rings. The molecule has 6 nitrogen and oxygen atoms in total. The number of rotatable bonds is 4. The lowest BCUT2D eigenvalue weighted by Gasteiger charge is -2.13. The predicted octanol–water partition coefficient (Wildman–Crippen LogP) is 3.00. The molecular weight excluding hydrogens is 362 g/mol. The highest BCUT2D eigenvalue weighted by atomic mass is 35.5. The molecule has 1 N–H and O–H groups in total. The molecule has 0 bridgehead atoms. The second-order valence-electron chi connectivity index (χ2n) is 4.71. The zero-order valence-electron chi connectivity index (χ0n) is 11.8. The van der Waals surface area contributed by atoms with Crippen molar-refractivity contribution < 1.29 is 17.2 Å². The molecule has 0 unspecified atom stereocenters. The van der Waals surface area contributed by atoms with E-state index in [9.17, 15) is 17.2 Å². The summed E-state index contributed by atoms with van der Waals surface area (Å²) in [6.45, 7) is 0. The first-order valence-electron chi connectivity index (χ1n) is 6.49. The van der Waals surface area contributed by atoms with Crippen LogP contribution in [0.2, 0.25) is 5.02 Å². The van der Waals surface area contributed by atoms with Gasteiger partial charge >= 0.3 is 0 Å². The lowest BCUT2D eigenvalue weighted by Crippen LogP contribution is -2.15. The van der Waals surface area contributed by atoms with Gasteiger partial charge in [-0.15, -0.1) is 0 Å². The summed E-state index contributed by atoms with van der Waals surface area (Å²) in [5, 5.41) is 4.18. The Labute approximate surface area is 140 Å². The van der Waals surface area contributed by atoms with Crippen molar-refractivity contribution in [1.82, 2.24) is 14.8 Å². The fourth-order valence-corrected chi connectivity index (χ4v) is 3.29. The van der Waals surface area contributed by atoms with E-state index in [1.54, 1.807) is 0 Å². The lowest BCUT2D eigenvalue weighted by atomic mass is 10.3. The average Bonchev–Trinajstić information content (AvgIpc) is 3.00. The van der Waals surface area contributed by atoms with Crippen LogP contribution >= 0.6 is 11.6 Å². The normalized spacial score (nSPS) is 11.5. The molecule has 0 aliphatic heterocycles. The molecule has 124 valence electrons. The van der Waals surface area contributed by atoms with Gasteiger partial charge in [-0.25, -0.2) is 26.9 Å². The summed E-state index contributed by atoms with van der Waals surface area (Å²) in [5.41, 5.74) is 0.426. The van der Waals surface area contributed by atoms with Crippen LogP contribution in [-0.2, 0) is 10.0 Å². The van der Waals surface area contributed by atoms with Gasteiger partial charge in [-0.2, -0.15) is 5.10 Å². The lowest BCUT2D eigenvalue weighted by molar-refractivity contribution is 0.568. The van der Waals surface area contributed by atoms with Gasteiger partial charge in [0.25, 0.3) is 10.0 Å². The maximum atomic E-state index is 13.3. The summed E-state index contributed by atoms with van der Waals surface area (Å²) in [7, 11) is -4.24. The van der Waals surface area contributed by atoms with E-state index >= 15 is 0 Å². The Morgan fingerprint density at radius 2 is 1.79 bits per heavy atom. The molecule has 24 heavy (non-hydrogen) atoms. The molecule has 0 fully saturated rings. The molecule has 1 heterocycles. The van der Waals surface area contributed by atoms with E-state index < -0.39 is 26.6 Å². The Balaban J connectivity index is 2.06. The zero-order valence-corrected chi connectivity index (χ0v) is 13.4. The minimum atomic E-state index is -4.24. The van der Waals surface area contributed by atoms with Gasteiger partial charge in [0.2, 0.25) is 0 Å². The van der Waals surface area contributed by atoms with Crippen molar-refractivity contribution in [3.63, 3.8) is 0 Å². The van der Waals surface area contributed by atoms with Crippen molar-refractivity contribution in [3.8, 4) is 5.69 Å². The number of hydrogen-bond donors (Lipinski definition) is 1. The number of nitrogens with one attached hydrogen (secondary N) is 1. The molecule has 2 aromatic carbocycles. The fourth-order valence-electron chi connectivity index (χ4n) is 2.01.